The van der Waals surface area contributed by atoms with Crippen LogP contribution in [-0.2, 0) is 19.1 Å². The summed E-state index contributed by atoms with van der Waals surface area (Å²) >= 11 is 0. The Morgan fingerprint density at radius 2 is 1.81 bits per heavy atom. The Bertz CT molecular complexity index is 758. The summed E-state index contributed by atoms with van der Waals surface area (Å²) < 4.78 is 5.24. The largest absolute Gasteiger partial charge is 0.465 e. The van der Waals surface area contributed by atoms with Crippen molar-refractivity contribution < 1.29 is 19.1 Å². The first-order valence-electron chi connectivity index (χ1n) is 9.66. The molecule has 2 heterocycles. The molecule has 2 saturated heterocycles. The maximum absolute atomic E-state index is 13.0. The molecule has 2 aliphatic rings. The molecule has 0 unspecified atom stereocenters. The fourth-order valence-electron chi connectivity index (χ4n) is 4.35. The topological polar surface area (TPSA) is 75.7 Å². The Labute approximate surface area is 160 Å². The summed E-state index contributed by atoms with van der Waals surface area (Å²) in [7, 11) is 0. The second-order valence-electron chi connectivity index (χ2n) is 7.79. The second-order valence-corrected chi connectivity index (χ2v) is 7.79. The third-order valence-corrected chi connectivity index (χ3v) is 5.86. The SMILES string of the molecule is CCOC(=O)[C@]1(C)N[C@@H](c2ccc(C(C)C)cc2)[C@H]2C(=O)N(CC)C(=O)[C@@H]21. The van der Waals surface area contributed by atoms with E-state index in [2.05, 4.69) is 19.2 Å². The molecule has 0 saturated carbocycles. The third kappa shape index (κ3) is 2.96. The number of carbonyl (C=O) groups is 3. The van der Waals surface area contributed by atoms with E-state index in [1.165, 1.54) is 10.5 Å². The Morgan fingerprint density at radius 1 is 1.19 bits per heavy atom. The van der Waals surface area contributed by atoms with E-state index in [1.54, 1.807) is 20.8 Å². The molecule has 4 atom stereocenters. The Balaban J connectivity index is 2.04. The van der Waals surface area contributed by atoms with Crippen molar-refractivity contribution in [3.63, 3.8) is 0 Å². The first-order valence-corrected chi connectivity index (χ1v) is 9.66. The van der Waals surface area contributed by atoms with E-state index in [0.717, 1.165) is 5.56 Å². The number of nitrogens with zero attached hydrogens (tertiary/aromatic N) is 1. The zero-order valence-corrected chi connectivity index (χ0v) is 16.6. The van der Waals surface area contributed by atoms with Crippen LogP contribution in [0.2, 0.25) is 0 Å². The molecule has 2 amide bonds. The van der Waals surface area contributed by atoms with Gasteiger partial charge in [0.1, 0.15) is 5.54 Å². The fourth-order valence-corrected chi connectivity index (χ4v) is 4.35. The zero-order chi connectivity index (χ0) is 19.9. The number of amides is 2. The van der Waals surface area contributed by atoms with Crippen molar-refractivity contribution in [3.8, 4) is 0 Å². The quantitative estimate of drug-likeness (QED) is 0.634. The number of benzene rings is 1. The molecule has 0 aromatic heterocycles. The highest BCUT2D eigenvalue weighted by atomic mass is 16.5. The van der Waals surface area contributed by atoms with Crippen molar-refractivity contribution in [1.29, 1.82) is 0 Å². The van der Waals surface area contributed by atoms with E-state index >= 15 is 0 Å². The summed E-state index contributed by atoms with van der Waals surface area (Å²) in [5.74, 6) is -1.95. The van der Waals surface area contributed by atoms with Gasteiger partial charge in [-0.1, -0.05) is 38.1 Å². The van der Waals surface area contributed by atoms with Gasteiger partial charge in [-0.3, -0.25) is 24.6 Å². The van der Waals surface area contributed by atoms with Crippen LogP contribution in [0.25, 0.3) is 0 Å². The van der Waals surface area contributed by atoms with Crippen molar-refractivity contribution in [2.24, 2.45) is 11.8 Å². The zero-order valence-electron chi connectivity index (χ0n) is 16.6. The van der Waals surface area contributed by atoms with Gasteiger partial charge in [0.25, 0.3) is 0 Å². The summed E-state index contributed by atoms with van der Waals surface area (Å²) in [4.78, 5) is 39.9. The minimum absolute atomic E-state index is 0.217. The summed E-state index contributed by atoms with van der Waals surface area (Å²) in [6, 6.07) is 7.63. The molecular weight excluding hydrogens is 344 g/mol. The maximum Gasteiger partial charge on any atom is 0.326 e. The second kappa shape index (κ2) is 7.08. The first-order chi connectivity index (χ1) is 12.8. The molecule has 3 rings (SSSR count). The Kier molecular flexibility index (Phi) is 5.12. The number of imide groups is 1. The molecule has 6 heteroatoms. The Morgan fingerprint density at radius 3 is 2.33 bits per heavy atom. The van der Waals surface area contributed by atoms with Crippen molar-refractivity contribution in [2.45, 2.75) is 52.1 Å². The lowest BCUT2D eigenvalue weighted by atomic mass is 9.80. The first kappa shape index (κ1) is 19.5. The maximum atomic E-state index is 13.0. The predicted octanol–water partition coefficient (Wildman–Crippen LogP) is 2.40. The standard InChI is InChI=1S/C21H28N2O4/c1-6-23-18(24)15-16(19(23)25)21(5,20(26)27-7-2)22-17(15)14-10-8-13(9-11-14)12(3)4/h8-12,15-17,22H,6-7H2,1-5H3/t15-,16+,17-,21+/m0/s1. The molecule has 2 aliphatic heterocycles. The summed E-state index contributed by atoms with van der Waals surface area (Å²) in [6.07, 6.45) is 0. The van der Waals surface area contributed by atoms with Crippen LogP contribution in [0.1, 0.15) is 57.7 Å². The van der Waals surface area contributed by atoms with Gasteiger partial charge in [0.15, 0.2) is 0 Å². The average Bonchev–Trinajstić information content (AvgIpc) is 3.09. The molecule has 27 heavy (non-hydrogen) atoms. The van der Waals surface area contributed by atoms with Gasteiger partial charge >= 0.3 is 5.97 Å². The number of hydrogen-bond acceptors (Lipinski definition) is 5. The molecule has 1 aromatic rings. The highest BCUT2D eigenvalue weighted by Gasteiger charge is 2.66. The normalized spacial score (nSPS) is 30.1. The van der Waals surface area contributed by atoms with E-state index in [-0.39, 0.29) is 18.4 Å². The molecule has 0 spiro atoms. The minimum atomic E-state index is -1.22. The van der Waals surface area contributed by atoms with E-state index in [4.69, 9.17) is 4.74 Å². The van der Waals surface area contributed by atoms with E-state index in [0.29, 0.717) is 12.5 Å². The molecule has 0 bridgehead atoms. The van der Waals surface area contributed by atoms with Gasteiger partial charge < -0.3 is 4.74 Å². The van der Waals surface area contributed by atoms with Crippen LogP contribution in [0.5, 0.6) is 0 Å². The molecule has 1 aromatic carbocycles. The van der Waals surface area contributed by atoms with E-state index in [1.807, 2.05) is 24.3 Å². The lowest BCUT2D eigenvalue weighted by Gasteiger charge is -2.29. The Hall–Kier alpha value is -2.21. The summed E-state index contributed by atoms with van der Waals surface area (Å²) in [5.41, 5.74) is 0.880. The number of carbonyl (C=O) groups excluding carboxylic acids is 3. The molecule has 0 aliphatic carbocycles. The fraction of sp³-hybridized carbons (Fsp3) is 0.571. The monoisotopic (exact) mass is 372 g/mol. The molecule has 6 nitrogen and oxygen atoms in total. The third-order valence-electron chi connectivity index (χ3n) is 5.86. The van der Waals surface area contributed by atoms with Crippen LogP contribution >= 0.6 is 0 Å². The van der Waals surface area contributed by atoms with E-state index in [9.17, 15) is 14.4 Å². The highest BCUT2D eigenvalue weighted by molar-refractivity contribution is 6.09. The van der Waals surface area contributed by atoms with Crippen LogP contribution < -0.4 is 5.32 Å². The number of ether oxygens (including phenoxy) is 1. The molecule has 0 radical (unpaired) electrons. The van der Waals surface area contributed by atoms with Gasteiger partial charge in [-0.05, 0) is 37.8 Å². The molecule has 1 N–H and O–H groups in total. The van der Waals surface area contributed by atoms with Gasteiger partial charge in [0, 0.05) is 12.6 Å². The van der Waals surface area contributed by atoms with Crippen LogP contribution in [0.3, 0.4) is 0 Å². The van der Waals surface area contributed by atoms with Crippen molar-refractivity contribution in [3.05, 3.63) is 35.4 Å². The molecule has 2 fully saturated rings. The summed E-state index contributed by atoms with van der Waals surface area (Å²) in [5, 5.41) is 3.28. The van der Waals surface area contributed by atoms with Crippen molar-refractivity contribution in [1.82, 2.24) is 10.2 Å². The van der Waals surface area contributed by atoms with Gasteiger partial charge in [0.2, 0.25) is 11.8 Å². The number of fused-ring (bicyclic) bond motifs is 1. The minimum Gasteiger partial charge on any atom is -0.465 e. The van der Waals surface area contributed by atoms with Gasteiger partial charge in [-0.25, -0.2) is 0 Å². The number of rotatable bonds is 5. The number of esters is 1. The lowest BCUT2D eigenvalue weighted by molar-refractivity contribution is -0.155. The highest BCUT2D eigenvalue weighted by Crippen LogP contribution is 2.49. The predicted molar refractivity (Wildman–Crippen MR) is 101 cm³/mol. The molecule has 146 valence electrons. The van der Waals surface area contributed by atoms with Crippen LogP contribution in [0.4, 0.5) is 0 Å². The van der Waals surface area contributed by atoms with Gasteiger partial charge in [0.05, 0.1) is 18.4 Å². The van der Waals surface area contributed by atoms with Gasteiger partial charge in [-0.15, -0.1) is 0 Å². The van der Waals surface area contributed by atoms with Crippen LogP contribution in [0.15, 0.2) is 24.3 Å². The van der Waals surface area contributed by atoms with Gasteiger partial charge in [-0.2, -0.15) is 0 Å². The number of hydrogen-bond donors (Lipinski definition) is 1. The lowest BCUT2D eigenvalue weighted by Crippen LogP contribution is -2.54. The van der Waals surface area contributed by atoms with E-state index < -0.39 is 29.4 Å². The number of nitrogens with one attached hydrogen (secondary N) is 1. The smallest absolute Gasteiger partial charge is 0.326 e. The number of likely N-dealkylation sites (tertiary alicyclic amines) is 1. The molecular formula is C21H28N2O4. The van der Waals surface area contributed by atoms with Crippen LogP contribution in [-0.4, -0.2) is 41.4 Å². The van der Waals surface area contributed by atoms with Crippen molar-refractivity contribution in [2.75, 3.05) is 13.2 Å². The average molecular weight is 372 g/mol. The van der Waals surface area contributed by atoms with Crippen molar-refractivity contribution >= 4 is 17.8 Å². The van der Waals surface area contributed by atoms with Crippen LogP contribution in [0, 0.1) is 11.8 Å². The summed E-state index contributed by atoms with van der Waals surface area (Å²) in [6.45, 7) is 9.96.